The zero-order valence-electron chi connectivity index (χ0n) is 13.0. The molecule has 3 rings (SSSR count). The summed E-state index contributed by atoms with van der Waals surface area (Å²) in [6.45, 7) is 0. The summed E-state index contributed by atoms with van der Waals surface area (Å²) in [4.78, 5) is 0. The lowest BCUT2D eigenvalue weighted by molar-refractivity contribution is 0.417. The Bertz CT molecular complexity index is 733. The second-order valence-electron chi connectivity index (χ2n) is 5.57. The Balaban J connectivity index is 1.77. The molecule has 0 bridgehead atoms. The van der Waals surface area contributed by atoms with Gasteiger partial charge < -0.3 is 15.4 Å². The van der Waals surface area contributed by atoms with Gasteiger partial charge in [-0.15, -0.1) is 0 Å². The molecule has 0 aliphatic heterocycles. The molecule has 0 amide bonds. The van der Waals surface area contributed by atoms with Crippen molar-refractivity contribution in [3.05, 3.63) is 52.5 Å². The fourth-order valence-electron chi connectivity index (χ4n) is 2.95. The van der Waals surface area contributed by atoms with Crippen LogP contribution >= 0.6 is 23.8 Å². The van der Waals surface area contributed by atoms with E-state index in [-0.39, 0.29) is 0 Å². The number of nitrogens with one attached hydrogen (secondary N) is 2. The highest BCUT2D eigenvalue weighted by atomic mass is 35.5. The van der Waals surface area contributed by atoms with E-state index in [1.54, 1.807) is 19.2 Å². The predicted molar refractivity (Wildman–Crippen MR) is 101 cm³/mol. The summed E-state index contributed by atoms with van der Waals surface area (Å²) in [5.74, 6) is 0.702. The number of ether oxygens (including phenoxy) is 1. The van der Waals surface area contributed by atoms with Crippen LogP contribution in [0, 0.1) is 0 Å². The number of anilines is 2. The molecule has 120 valence electrons. The van der Waals surface area contributed by atoms with Gasteiger partial charge in [0.25, 0.3) is 0 Å². The number of hydrogen-bond donors (Lipinski definition) is 2. The SMILES string of the molecule is COc1ccc(Cl)cc1NC(=S)Nc1cccc2c1CCCC2. The maximum atomic E-state index is 6.05. The summed E-state index contributed by atoms with van der Waals surface area (Å²) in [6.07, 6.45) is 4.74. The quantitative estimate of drug-likeness (QED) is 0.763. The summed E-state index contributed by atoms with van der Waals surface area (Å²) in [5.41, 5.74) is 4.63. The van der Waals surface area contributed by atoms with Gasteiger partial charge in [0.15, 0.2) is 5.11 Å². The van der Waals surface area contributed by atoms with E-state index in [1.165, 1.54) is 24.0 Å². The van der Waals surface area contributed by atoms with Crippen LogP contribution in [0.5, 0.6) is 5.75 Å². The zero-order valence-corrected chi connectivity index (χ0v) is 14.6. The number of hydrogen-bond acceptors (Lipinski definition) is 2. The summed E-state index contributed by atoms with van der Waals surface area (Å²) in [5, 5.41) is 7.64. The average Bonchev–Trinajstić information content (AvgIpc) is 2.55. The molecule has 2 aromatic carbocycles. The molecule has 0 unspecified atom stereocenters. The number of aryl methyl sites for hydroxylation is 1. The monoisotopic (exact) mass is 346 g/mol. The first-order valence-corrected chi connectivity index (χ1v) is 8.48. The van der Waals surface area contributed by atoms with Gasteiger partial charge in [-0.2, -0.15) is 0 Å². The van der Waals surface area contributed by atoms with Crippen molar-refractivity contribution in [1.29, 1.82) is 0 Å². The molecule has 0 atom stereocenters. The van der Waals surface area contributed by atoms with E-state index in [0.717, 1.165) is 24.2 Å². The van der Waals surface area contributed by atoms with Crippen LogP contribution in [0.25, 0.3) is 0 Å². The van der Waals surface area contributed by atoms with Crippen molar-refractivity contribution in [2.45, 2.75) is 25.7 Å². The third-order valence-corrected chi connectivity index (χ3v) is 4.49. The van der Waals surface area contributed by atoms with Gasteiger partial charge >= 0.3 is 0 Å². The lowest BCUT2D eigenvalue weighted by Crippen LogP contribution is -2.21. The second kappa shape index (κ2) is 7.20. The molecule has 0 spiro atoms. The molecular weight excluding hydrogens is 328 g/mol. The van der Waals surface area contributed by atoms with Crippen molar-refractivity contribution < 1.29 is 4.74 Å². The van der Waals surface area contributed by atoms with Crippen LogP contribution in [0.15, 0.2) is 36.4 Å². The summed E-state index contributed by atoms with van der Waals surface area (Å²) in [7, 11) is 1.62. The topological polar surface area (TPSA) is 33.3 Å². The highest BCUT2D eigenvalue weighted by molar-refractivity contribution is 7.80. The first-order chi connectivity index (χ1) is 11.2. The minimum atomic E-state index is 0.532. The van der Waals surface area contributed by atoms with E-state index in [4.69, 9.17) is 28.6 Å². The normalized spacial score (nSPS) is 13.1. The van der Waals surface area contributed by atoms with Gasteiger partial charge in [-0.3, -0.25) is 0 Å². The van der Waals surface area contributed by atoms with Crippen LogP contribution in [0.2, 0.25) is 5.02 Å². The highest BCUT2D eigenvalue weighted by Crippen LogP contribution is 2.30. The van der Waals surface area contributed by atoms with Gasteiger partial charge in [-0.05, 0) is 73.3 Å². The van der Waals surface area contributed by atoms with Gasteiger partial charge in [0.1, 0.15) is 5.75 Å². The van der Waals surface area contributed by atoms with Crippen LogP contribution in [0.3, 0.4) is 0 Å². The Morgan fingerprint density at radius 2 is 1.87 bits per heavy atom. The number of halogens is 1. The molecular formula is C18H19ClN2OS. The molecule has 1 aliphatic rings. The zero-order chi connectivity index (χ0) is 16.2. The van der Waals surface area contributed by atoms with Gasteiger partial charge in [-0.1, -0.05) is 23.7 Å². The molecule has 23 heavy (non-hydrogen) atoms. The molecule has 0 fully saturated rings. The van der Waals surface area contributed by atoms with Crippen LogP contribution in [-0.4, -0.2) is 12.2 Å². The number of fused-ring (bicyclic) bond motifs is 1. The van der Waals surface area contributed by atoms with E-state index in [9.17, 15) is 0 Å². The Hall–Kier alpha value is -1.78. The van der Waals surface area contributed by atoms with Crippen molar-refractivity contribution >= 4 is 40.3 Å². The molecule has 5 heteroatoms. The Morgan fingerprint density at radius 3 is 2.70 bits per heavy atom. The van der Waals surface area contributed by atoms with Crippen molar-refractivity contribution in [1.82, 2.24) is 0 Å². The minimum Gasteiger partial charge on any atom is -0.495 e. The first-order valence-electron chi connectivity index (χ1n) is 7.69. The predicted octanol–water partition coefficient (Wildman–Crippen LogP) is 5.04. The van der Waals surface area contributed by atoms with Crippen LogP contribution in [0.4, 0.5) is 11.4 Å². The van der Waals surface area contributed by atoms with Crippen molar-refractivity contribution in [3.8, 4) is 5.75 Å². The molecule has 0 radical (unpaired) electrons. The summed E-state index contributed by atoms with van der Waals surface area (Å²) in [6, 6.07) is 11.8. The second-order valence-corrected chi connectivity index (χ2v) is 6.42. The summed E-state index contributed by atoms with van der Waals surface area (Å²) < 4.78 is 5.33. The smallest absolute Gasteiger partial charge is 0.175 e. The van der Waals surface area contributed by atoms with Gasteiger partial charge in [0, 0.05) is 10.7 Å². The van der Waals surface area contributed by atoms with Gasteiger partial charge in [0.2, 0.25) is 0 Å². The molecule has 0 aromatic heterocycles. The lowest BCUT2D eigenvalue weighted by Gasteiger charge is -2.21. The highest BCUT2D eigenvalue weighted by Gasteiger charge is 2.14. The molecule has 0 heterocycles. The third-order valence-electron chi connectivity index (χ3n) is 4.05. The first kappa shape index (κ1) is 16.1. The van der Waals surface area contributed by atoms with Gasteiger partial charge in [0.05, 0.1) is 12.8 Å². The fraction of sp³-hybridized carbons (Fsp3) is 0.278. The molecule has 0 saturated carbocycles. The standard InChI is InChI=1S/C18H19ClN2OS/c1-22-17-10-9-13(19)11-16(17)21-18(23)20-15-8-4-6-12-5-2-3-7-14(12)15/h4,6,8-11H,2-3,5,7H2,1H3,(H2,20,21,23). The number of methoxy groups -OCH3 is 1. The Kier molecular flexibility index (Phi) is 5.03. The molecule has 2 aromatic rings. The lowest BCUT2D eigenvalue weighted by atomic mass is 9.90. The number of rotatable bonds is 3. The Labute approximate surface area is 147 Å². The minimum absolute atomic E-state index is 0.532. The fourth-order valence-corrected chi connectivity index (χ4v) is 3.34. The van der Waals surface area contributed by atoms with Crippen molar-refractivity contribution in [3.63, 3.8) is 0 Å². The van der Waals surface area contributed by atoms with E-state index >= 15 is 0 Å². The average molecular weight is 347 g/mol. The van der Waals surface area contributed by atoms with E-state index in [0.29, 0.717) is 15.9 Å². The van der Waals surface area contributed by atoms with E-state index in [2.05, 4.69) is 28.8 Å². The summed E-state index contributed by atoms with van der Waals surface area (Å²) >= 11 is 11.5. The van der Waals surface area contributed by atoms with Gasteiger partial charge in [-0.25, -0.2) is 0 Å². The van der Waals surface area contributed by atoms with E-state index < -0.39 is 0 Å². The van der Waals surface area contributed by atoms with Crippen LogP contribution < -0.4 is 15.4 Å². The molecule has 2 N–H and O–H groups in total. The maximum Gasteiger partial charge on any atom is 0.175 e. The molecule has 1 aliphatic carbocycles. The van der Waals surface area contributed by atoms with E-state index in [1.807, 2.05) is 6.07 Å². The number of thiocarbonyl (C=S) groups is 1. The molecule has 0 saturated heterocycles. The molecule has 3 nitrogen and oxygen atoms in total. The third kappa shape index (κ3) is 3.77. The maximum absolute atomic E-state index is 6.05. The van der Waals surface area contributed by atoms with Crippen LogP contribution in [0.1, 0.15) is 24.0 Å². The number of benzene rings is 2. The van der Waals surface area contributed by atoms with Crippen molar-refractivity contribution in [2.24, 2.45) is 0 Å². The Morgan fingerprint density at radius 1 is 1.09 bits per heavy atom. The largest absolute Gasteiger partial charge is 0.495 e. The van der Waals surface area contributed by atoms with Crippen LogP contribution in [-0.2, 0) is 12.8 Å². The van der Waals surface area contributed by atoms with Crippen molar-refractivity contribution in [2.75, 3.05) is 17.7 Å².